The van der Waals surface area contributed by atoms with Crippen molar-refractivity contribution in [2.45, 2.75) is 33.2 Å². The summed E-state index contributed by atoms with van der Waals surface area (Å²) in [7, 11) is -2.03. The lowest BCUT2D eigenvalue weighted by Crippen LogP contribution is -2.15. The van der Waals surface area contributed by atoms with Crippen LogP contribution in [-0.4, -0.2) is 52.7 Å². The maximum atomic E-state index is 12.8. The largest absolute Gasteiger partial charge is 0.495 e. The number of anilines is 5. The standard InChI is InChI=1S/C24H23Cl2N7O4S3/c1-13(2)40(35,36)19-7-5-4-6-17(19)28-21-15(26)12-27-22(31-21)29-16-9-8-14(10-18(16)37-3)38-24-33-32-23(39-24)30-20(34)11-25/h4-10,12-13H,11H2,1-3H3,(H,30,32,34)(H2,27,28,29,31). The van der Waals surface area contributed by atoms with Gasteiger partial charge in [-0.05, 0) is 44.2 Å². The summed E-state index contributed by atoms with van der Waals surface area (Å²) in [5, 5.41) is 16.7. The van der Waals surface area contributed by atoms with Crippen LogP contribution in [0.1, 0.15) is 13.8 Å². The fraction of sp³-hybridized carbons (Fsp3) is 0.208. The Labute approximate surface area is 249 Å². The SMILES string of the molecule is COc1cc(Sc2nnc(NC(=O)CCl)s2)ccc1Nc1ncc(Cl)c(Nc2ccccc2S(=O)(=O)C(C)C)n1. The van der Waals surface area contributed by atoms with Gasteiger partial charge in [0, 0.05) is 4.90 Å². The van der Waals surface area contributed by atoms with Crippen molar-refractivity contribution in [3.63, 3.8) is 0 Å². The Bertz CT molecular complexity index is 1630. The Morgan fingerprint density at radius 1 is 1.12 bits per heavy atom. The van der Waals surface area contributed by atoms with E-state index >= 15 is 0 Å². The van der Waals surface area contributed by atoms with Gasteiger partial charge in [-0.15, -0.1) is 21.8 Å². The van der Waals surface area contributed by atoms with E-state index in [-0.39, 0.29) is 33.5 Å². The predicted octanol–water partition coefficient (Wildman–Crippen LogP) is 5.99. The molecule has 0 saturated heterocycles. The number of nitrogens with zero attached hydrogens (tertiary/aromatic N) is 4. The number of carbonyl (C=O) groups is 1. The van der Waals surface area contributed by atoms with Crippen LogP contribution in [0.5, 0.6) is 5.75 Å². The molecule has 0 aliphatic rings. The van der Waals surface area contributed by atoms with Crippen LogP contribution >= 0.6 is 46.3 Å². The first-order valence-corrected chi connectivity index (χ1v) is 15.6. The topological polar surface area (TPSA) is 148 Å². The molecule has 11 nitrogen and oxygen atoms in total. The van der Waals surface area contributed by atoms with Gasteiger partial charge in [0.2, 0.25) is 17.0 Å². The van der Waals surface area contributed by atoms with Crippen LogP contribution in [0.4, 0.5) is 28.3 Å². The third-order valence-corrected chi connectivity index (χ3v) is 9.82. The fourth-order valence-corrected chi connectivity index (χ4v) is 6.41. The summed E-state index contributed by atoms with van der Waals surface area (Å²) >= 11 is 14.4. The molecule has 3 N–H and O–H groups in total. The molecule has 4 rings (SSSR count). The Hall–Kier alpha value is -3.17. The molecule has 0 atom stereocenters. The van der Waals surface area contributed by atoms with Gasteiger partial charge in [0.05, 0.1) is 34.8 Å². The summed E-state index contributed by atoms with van der Waals surface area (Å²) in [4.78, 5) is 21.1. The van der Waals surface area contributed by atoms with E-state index in [4.69, 9.17) is 27.9 Å². The zero-order valence-corrected chi connectivity index (χ0v) is 25.3. The van der Waals surface area contributed by atoms with E-state index in [9.17, 15) is 13.2 Å². The first-order valence-electron chi connectivity index (χ1n) is 11.6. The van der Waals surface area contributed by atoms with Crippen molar-refractivity contribution in [2.24, 2.45) is 0 Å². The number of benzene rings is 2. The second-order valence-corrected chi connectivity index (χ2v) is 13.7. The van der Waals surface area contributed by atoms with Crippen LogP contribution in [0.2, 0.25) is 5.02 Å². The van der Waals surface area contributed by atoms with Crippen molar-refractivity contribution in [3.8, 4) is 5.75 Å². The van der Waals surface area contributed by atoms with Gasteiger partial charge < -0.3 is 15.4 Å². The van der Waals surface area contributed by atoms with E-state index in [0.717, 1.165) is 4.90 Å². The summed E-state index contributed by atoms with van der Waals surface area (Å²) in [6.07, 6.45) is 1.41. The van der Waals surface area contributed by atoms with Crippen molar-refractivity contribution in [1.29, 1.82) is 0 Å². The molecule has 1 amide bonds. The number of methoxy groups -OCH3 is 1. The van der Waals surface area contributed by atoms with E-state index in [1.807, 2.05) is 6.07 Å². The van der Waals surface area contributed by atoms with E-state index < -0.39 is 15.1 Å². The van der Waals surface area contributed by atoms with Crippen molar-refractivity contribution in [1.82, 2.24) is 20.2 Å². The molecule has 0 radical (unpaired) electrons. The molecular weight excluding hydrogens is 617 g/mol. The molecule has 0 unspecified atom stereocenters. The molecule has 0 fully saturated rings. The van der Waals surface area contributed by atoms with Crippen molar-refractivity contribution in [3.05, 3.63) is 53.7 Å². The molecule has 16 heteroatoms. The van der Waals surface area contributed by atoms with Gasteiger partial charge in [-0.2, -0.15) is 4.98 Å². The molecule has 0 spiro atoms. The Balaban J connectivity index is 1.53. The first kappa shape index (κ1) is 29.8. The zero-order chi connectivity index (χ0) is 28.9. The van der Waals surface area contributed by atoms with Crippen LogP contribution < -0.4 is 20.7 Å². The molecule has 2 aromatic heterocycles. The van der Waals surface area contributed by atoms with Crippen molar-refractivity contribution >= 4 is 90.3 Å². The minimum Gasteiger partial charge on any atom is -0.495 e. The summed E-state index contributed by atoms with van der Waals surface area (Å²) in [5.74, 6) is 0.407. The number of amides is 1. The van der Waals surface area contributed by atoms with Crippen molar-refractivity contribution in [2.75, 3.05) is 28.9 Å². The summed E-state index contributed by atoms with van der Waals surface area (Å²) < 4.78 is 31.9. The Morgan fingerprint density at radius 3 is 2.62 bits per heavy atom. The quantitative estimate of drug-likeness (QED) is 0.131. The number of para-hydroxylation sites is 1. The molecule has 2 aromatic carbocycles. The minimum atomic E-state index is -3.55. The summed E-state index contributed by atoms with van der Waals surface area (Å²) in [6, 6.07) is 12.0. The smallest absolute Gasteiger partial charge is 0.241 e. The second-order valence-electron chi connectivity index (χ2n) is 8.25. The number of nitrogens with one attached hydrogen (secondary N) is 3. The van der Waals surface area contributed by atoms with Crippen LogP contribution in [-0.2, 0) is 14.6 Å². The van der Waals surface area contributed by atoms with Gasteiger partial charge in [0.15, 0.2) is 20.0 Å². The van der Waals surface area contributed by atoms with Gasteiger partial charge in [-0.3, -0.25) is 10.1 Å². The third kappa shape index (κ3) is 7.12. The maximum Gasteiger partial charge on any atom is 0.241 e. The minimum absolute atomic E-state index is 0.146. The van der Waals surface area contributed by atoms with Crippen LogP contribution in [0.15, 0.2) is 62.8 Å². The highest BCUT2D eigenvalue weighted by atomic mass is 35.5. The number of hydrogen-bond donors (Lipinski definition) is 3. The number of sulfone groups is 1. The average molecular weight is 641 g/mol. The van der Waals surface area contributed by atoms with Gasteiger partial charge in [0.1, 0.15) is 16.7 Å². The summed E-state index contributed by atoms with van der Waals surface area (Å²) in [5.41, 5.74) is 0.930. The Kier molecular flexibility index (Phi) is 9.68. The van der Waals surface area contributed by atoms with E-state index in [1.54, 1.807) is 44.2 Å². The highest BCUT2D eigenvalue weighted by molar-refractivity contribution is 8.01. The zero-order valence-electron chi connectivity index (χ0n) is 21.3. The maximum absolute atomic E-state index is 12.8. The number of hydrogen-bond acceptors (Lipinski definition) is 12. The molecule has 0 bridgehead atoms. The number of carbonyl (C=O) groups excluding carboxylic acids is 1. The number of aromatic nitrogens is 4. The normalized spacial score (nSPS) is 11.3. The number of halogens is 2. The Morgan fingerprint density at radius 2 is 1.90 bits per heavy atom. The molecule has 40 heavy (non-hydrogen) atoms. The second kappa shape index (κ2) is 13.0. The van der Waals surface area contributed by atoms with Crippen molar-refractivity contribution < 1.29 is 17.9 Å². The van der Waals surface area contributed by atoms with Crippen LogP contribution in [0.3, 0.4) is 0 Å². The fourth-order valence-electron chi connectivity index (χ4n) is 3.23. The lowest BCUT2D eigenvalue weighted by molar-refractivity contribution is -0.113. The van der Waals surface area contributed by atoms with Gasteiger partial charge in [-0.25, -0.2) is 13.4 Å². The van der Waals surface area contributed by atoms with Crippen LogP contribution in [0.25, 0.3) is 0 Å². The lowest BCUT2D eigenvalue weighted by atomic mass is 10.3. The molecule has 0 aliphatic carbocycles. The molecule has 0 aliphatic heterocycles. The lowest BCUT2D eigenvalue weighted by Gasteiger charge is -2.16. The van der Waals surface area contributed by atoms with E-state index in [2.05, 4.69) is 36.1 Å². The molecule has 0 saturated carbocycles. The van der Waals surface area contributed by atoms with Gasteiger partial charge in [-0.1, -0.05) is 46.8 Å². The van der Waals surface area contributed by atoms with E-state index in [1.165, 1.54) is 42.5 Å². The number of rotatable bonds is 11. The highest BCUT2D eigenvalue weighted by Crippen LogP contribution is 2.37. The predicted molar refractivity (Wildman–Crippen MR) is 159 cm³/mol. The third-order valence-electron chi connectivity index (χ3n) is 5.21. The number of ether oxygens (including phenoxy) is 1. The summed E-state index contributed by atoms with van der Waals surface area (Å²) in [6.45, 7) is 3.24. The van der Waals surface area contributed by atoms with Gasteiger partial charge in [0.25, 0.3) is 0 Å². The molecular formula is C24H23Cl2N7O4S3. The van der Waals surface area contributed by atoms with Gasteiger partial charge >= 0.3 is 0 Å². The monoisotopic (exact) mass is 639 g/mol. The number of alkyl halides is 1. The average Bonchev–Trinajstić information content (AvgIpc) is 3.37. The first-order chi connectivity index (χ1) is 19.1. The van der Waals surface area contributed by atoms with E-state index in [0.29, 0.717) is 26.6 Å². The molecule has 210 valence electrons. The van der Waals surface area contributed by atoms with Crippen LogP contribution in [0, 0.1) is 0 Å². The molecule has 4 aromatic rings. The highest BCUT2D eigenvalue weighted by Gasteiger charge is 2.23. The molecule has 2 heterocycles.